The maximum Gasteiger partial charge on any atom is 0.0897 e. The van der Waals surface area contributed by atoms with Crippen molar-refractivity contribution in [1.29, 1.82) is 0 Å². The number of aromatic nitrogens is 1. The van der Waals surface area contributed by atoms with Crippen LogP contribution < -0.4 is 0 Å². The summed E-state index contributed by atoms with van der Waals surface area (Å²) in [5.41, 5.74) is 0. The van der Waals surface area contributed by atoms with E-state index in [1.807, 2.05) is 6.92 Å². The van der Waals surface area contributed by atoms with Crippen LogP contribution in [0.3, 0.4) is 0 Å². The molecule has 0 unspecified atom stereocenters. The first-order valence-corrected chi connectivity index (χ1v) is 3.17. The number of thiazole rings is 1. The summed E-state index contributed by atoms with van der Waals surface area (Å²) in [5, 5.41) is 9.53. The number of hydrogen-bond acceptors (Lipinski definition) is 3. The molecule has 2 nitrogen and oxygen atoms in total. The van der Waals surface area contributed by atoms with Gasteiger partial charge in [-0.15, -0.1) is 11.3 Å². The molecule has 1 aromatic heterocycles. The van der Waals surface area contributed by atoms with Gasteiger partial charge in [0.05, 0.1) is 16.5 Å². The fourth-order valence-electron chi connectivity index (χ4n) is 0.478. The van der Waals surface area contributed by atoms with Gasteiger partial charge in [0.25, 0.3) is 0 Å². The van der Waals surface area contributed by atoms with E-state index in [9.17, 15) is 0 Å². The summed E-state index contributed by atoms with van der Waals surface area (Å²) in [7, 11) is 0. The molecule has 1 aromatic rings. The SMILES string of the molecule is Cc1ncc(CO)s1. The molecule has 1 N–H and O–H groups in total. The van der Waals surface area contributed by atoms with Crippen molar-refractivity contribution < 1.29 is 5.11 Å². The van der Waals surface area contributed by atoms with Crippen molar-refractivity contribution in [2.24, 2.45) is 0 Å². The molecule has 1 heterocycles. The fraction of sp³-hybridized carbons (Fsp3) is 0.400. The maximum atomic E-state index is 8.52. The van der Waals surface area contributed by atoms with E-state index in [2.05, 4.69) is 4.98 Å². The summed E-state index contributed by atoms with van der Waals surface area (Å²) < 4.78 is 0. The van der Waals surface area contributed by atoms with Crippen molar-refractivity contribution in [3.8, 4) is 0 Å². The van der Waals surface area contributed by atoms with Crippen LogP contribution >= 0.6 is 11.3 Å². The van der Waals surface area contributed by atoms with E-state index < -0.39 is 0 Å². The van der Waals surface area contributed by atoms with E-state index in [1.165, 1.54) is 11.3 Å². The Hall–Kier alpha value is -0.410. The highest BCUT2D eigenvalue weighted by atomic mass is 32.1. The lowest BCUT2D eigenvalue weighted by Gasteiger charge is -1.78. The number of aryl methyl sites for hydroxylation is 1. The smallest absolute Gasteiger partial charge is 0.0897 e. The van der Waals surface area contributed by atoms with E-state index in [1.54, 1.807) is 6.20 Å². The highest BCUT2D eigenvalue weighted by molar-refractivity contribution is 7.11. The Labute approximate surface area is 51.8 Å². The third kappa shape index (κ3) is 1.05. The third-order valence-electron chi connectivity index (χ3n) is 0.825. The Morgan fingerprint density at radius 2 is 2.62 bits per heavy atom. The molecular weight excluding hydrogens is 122 g/mol. The molecule has 0 aromatic carbocycles. The molecule has 1 rings (SSSR count). The van der Waals surface area contributed by atoms with Gasteiger partial charge in [-0.1, -0.05) is 0 Å². The van der Waals surface area contributed by atoms with Gasteiger partial charge in [-0.25, -0.2) is 4.98 Å². The van der Waals surface area contributed by atoms with Crippen LogP contribution in [0.5, 0.6) is 0 Å². The Balaban J connectivity index is 2.84. The highest BCUT2D eigenvalue weighted by Crippen LogP contribution is 2.09. The topological polar surface area (TPSA) is 33.1 Å². The summed E-state index contributed by atoms with van der Waals surface area (Å²) in [6, 6.07) is 0. The monoisotopic (exact) mass is 129 g/mol. The molecule has 0 spiro atoms. The summed E-state index contributed by atoms with van der Waals surface area (Å²) in [4.78, 5) is 4.88. The summed E-state index contributed by atoms with van der Waals surface area (Å²) in [6.07, 6.45) is 1.69. The van der Waals surface area contributed by atoms with Crippen molar-refractivity contribution in [3.63, 3.8) is 0 Å². The molecule has 0 bridgehead atoms. The average molecular weight is 129 g/mol. The largest absolute Gasteiger partial charge is 0.391 e. The van der Waals surface area contributed by atoms with E-state index in [0.717, 1.165) is 9.88 Å². The average Bonchev–Trinajstić information content (AvgIpc) is 2.14. The first-order chi connectivity index (χ1) is 3.83. The molecule has 0 amide bonds. The maximum absolute atomic E-state index is 8.52. The van der Waals surface area contributed by atoms with E-state index in [4.69, 9.17) is 5.11 Å². The number of rotatable bonds is 1. The number of aliphatic hydroxyl groups is 1. The van der Waals surface area contributed by atoms with Gasteiger partial charge in [0, 0.05) is 6.20 Å². The molecule has 0 fully saturated rings. The van der Waals surface area contributed by atoms with Gasteiger partial charge in [0.1, 0.15) is 0 Å². The van der Waals surface area contributed by atoms with E-state index in [0.29, 0.717) is 0 Å². The second-order valence-electron chi connectivity index (χ2n) is 1.50. The van der Waals surface area contributed by atoms with Gasteiger partial charge in [-0.05, 0) is 6.92 Å². The first kappa shape index (κ1) is 5.72. The van der Waals surface area contributed by atoms with E-state index >= 15 is 0 Å². The van der Waals surface area contributed by atoms with Crippen LogP contribution in [0.25, 0.3) is 0 Å². The quantitative estimate of drug-likeness (QED) is 0.612. The van der Waals surface area contributed by atoms with Gasteiger partial charge < -0.3 is 5.11 Å². The van der Waals surface area contributed by atoms with Crippen molar-refractivity contribution in [3.05, 3.63) is 16.1 Å². The number of aliphatic hydroxyl groups excluding tert-OH is 1. The van der Waals surface area contributed by atoms with Gasteiger partial charge in [0.15, 0.2) is 0 Å². The minimum atomic E-state index is 0.117. The summed E-state index contributed by atoms with van der Waals surface area (Å²) in [5.74, 6) is 0. The molecule has 0 saturated carbocycles. The predicted octanol–water partition coefficient (Wildman–Crippen LogP) is 0.944. The molecule has 0 atom stereocenters. The van der Waals surface area contributed by atoms with E-state index in [-0.39, 0.29) is 6.61 Å². The molecule has 0 aliphatic rings. The Kier molecular flexibility index (Phi) is 1.60. The van der Waals surface area contributed by atoms with Crippen molar-refractivity contribution in [2.75, 3.05) is 0 Å². The predicted molar refractivity (Wildman–Crippen MR) is 32.8 cm³/mol. The van der Waals surface area contributed by atoms with Crippen LogP contribution in [0.15, 0.2) is 6.20 Å². The molecule has 0 aliphatic carbocycles. The second kappa shape index (κ2) is 2.24. The Morgan fingerprint density at radius 3 is 2.88 bits per heavy atom. The fourth-order valence-corrected chi connectivity index (χ4v) is 1.13. The zero-order chi connectivity index (χ0) is 5.98. The molecule has 0 radical (unpaired) electrons. The summed E-state index contributed by atoms with van der Waals surface area (Å²) in [6.45, 7) is 2.04. The normalized spacial score (nSPS) is 9.75. The van der Waals surface area contributed by atoms with Crippen LogP contribution in [0.1, 0.15) is 9.88 Å². The van der Waals surface area contributed by atoms with Gasteiger partial charge in [0.2, 0.25) is 0 Å². The summed E-state index contributed by atoms with van der Waals surface area (Å²) >= 11 is 1.53. The van der Waals surface area contributed by atoms with Gasteiger partial charge in [-0.2, -0.15) is 0 Å². The van der Waals surface area contributed by atoms with Crippen molar-refractivity contribution >= 4 is 11.3 Å². The number of hydrogen-bond donors (Lipinski definition) is 1. The molecule has 0 aliphatic heterocycles. The molecule has 8 heavy (non-hydrogen) atoms. The lowest BCUT2D eigenvalue weighted by molar-refractivity contribution is 0.285. The zero-order valence-electron chi connectivity index (χ0n) is 4.59. The lowest BCUT2D eigenvalue weighted by atomic mass is 10.6. The number of nitrogens with zero attached hydrogens (tertiary/aromatic N) is 1. The van der Waals surface area contributed by atoms with Gasteiger partial charge >= 0.3 is 0 Å². The van der Waals surface area contributed by atoms with Crippen LogP contribution in [-0.4, -0.2) is 10.1 Å². The molecule has 44 valence electrons. The lowest BCUT2D eigenvalue weighted by Crippen LogP contribution is -1.70. The molecular formula is C5H7NOS. The van der Waals surface area contributed by atoms with Crippen LogP contribution in [-0.2, 0) is 6.61 Å². The third-order valence-corrected chi connectivity index (χ3v) is 1.72. The minimum absolute atomic E-state index is 0.117. The first-order valence-electron chi connectivity index (χ1n) is 2.35. The van der Waals surface area contributed by atoms with Crippen molar-refractivity contribution in [2.45, 2.75) is 13.5 Å². The van der Waals surface area contributed by atoms with Gasteiger partial charge in [-0.3, -0.25) is 0 Å². The van der Waals surface area contributed by atoms with Crippen LogP contribution in [0, 0.1) is 6.92 Å². The van der Waals surface area contributed by atoms with Crippen LogP contribution in [0.2, 0.25) is 0 Å². The Morgan fingerprint density at radius 1 is 1.88 bits per heavy atom. The highest BCUT2D eigenvalue weighted by Gasteiger charge is 1.92. The molecule has 3 heteroatoms. The van der Waals surface area contributed by atoms with Crippen molar-refractivity contribution in [1.82, 2.24) is 4.98 Å². The molecule has 0 saturated heterocycles. The Bertz CT molecular complexity index is 173. The van der Waals surface area contributed by atoms with Crippen LogP contribution in [0.4, 0.5) is 0 Å². The second-order valence-corrected chi connectivity index (χ2v) is 2.82. The minimum Gasteiger partial charge on any atom is -0.391 e. The zero-order valence-corrected chi connectivity index (χ0v) is 5.40. The standard InChI is InChI=1S/C5H7NOS/c1-4-6-2-5(3-7)8-4/h2,7H,3H2,1H3.